The van der Waals surface area contributed by atoms with Gasteiger partial charge in [-0.3, -0.25) is 14.7 Å². The highest BCUT2D eigenvalue weighted by Crippen LogP contribution is 2.42. The Morgan fingerprint density at radius 1 is 1.15 bits per heavy atom. The highest BCUT2D eigenvalue weighted by Gasteiger charge is 2.56. The van der Waals surface area contributed by atoms with Gasteiger partial charge in [0.05, 0.1) is 37.0 Å². The van der Waals surface area contributed by atoms with Gasteiger partial charge in [0.1, 0.15) is 17.3 Å². The first kappa shape index (κ1) is 28.5. The number of rotatable bonds is 9. The molecule has 0 aliphatic carbocycles. The lowest BCUT2D eigenvalue weighted by atomic mass is 9.93. The van der Waals surface area contributed by atoms with E-state index in [1.165, 1.54) is 30.5 Å². The predicted molar refractivity (Wildman–Crippen MR) is 137 cm³/mol. The topological polar surface area (TPSA) is 143 Å². The number of amides is 2. The number of hydrogen-bond donors (Lipinski definition) is 4. The molecule has 2 aromatic heterocycles. The second-order valence-corrected chi connectivity index (χ2v) is 9.10. The molecule has 40 heavy (non-hydrogen) atoms. The first-order valence-electron chi connectivity index (χ1n) is 12.1. The number of aromatic amines is 1. The number of H-pyrrole nitrogens is 1. The molecule has 5 N–H and O–H groups in total. The van der Waals surface area contributed by atoms with Crippen LogP contribution in [-0.4, -0.2) is 51.4 Å². The van der Waals surface area contributed by atoms with Crippen molar-refractivity contribution < 1.29 is 37.0 Å². The summed E-state index contributed by atoms with van der Waals surface area (Å²) in [5.41, 5.74) is 2.00. The summed E-state index contributed by atoms with van der Waals surface area (Å²) in [5.74, 6) is -2.41. The van der Waals surface area contributed by atoms with Crippen LogP contribution in [0, 0.1) is 12.7 Å². The lowest BCUT2D eigenvalue weighted by Gasteiger charge is -2.31. The van der Waals surface area contributed by atoms with Crippen LogP contribution in [0.15, 0.2) is 48.7 Å². The molecule has 0 spiro atoms. The van der Waals surface area contributed by atoms with E-state index in [4.69, 9.17) is 10.5 Å². The minimum Gasteiger partial charge on any atom is -0.491 e. The summed E-state index contributed by atoms with van der Waals surface area (Å²) in [7, 11) is 0. The number of benzene rings is 2. The maximum absolute atomic E-state index is 14.5. The number of nitrogens with zero attached hydrogens (tertiary/aromatic N) is 2. The Kier molecular flexibility index (Phi) is 7.78. The summed E-state index contributed by atoms with van der Waals surface area (Å²) in [6, 6.07) is 8.45. The smallest absolute Gasteiger partial charge is 0.424 e. The third kappa shape index (κ3) is 5.59. The first-order chi connectivity index (χ1) is 18.8. The van der Waals surface area contributed by atoms with Crippen molar-refractivity contribution in [1.82, 2.24) is 20.5 Å². The average molecular weight is 560 g/mol. The van der Waals surface area contributed by atoms with E-state index in [1.54, 1.807) is 13.8 Å². The van der Waals surface area contributed by atoms with Gasteiger partial charge in [-0.15, -0.1) is 0 Å². The number of carbonyl (C=O) groups excluding carboxylic acids is 2. The molecule has 9 nitrogen and oxygen atoms in total. The van der Waals surface area contributed by atoms with E-state index in [0.29, 0.717) is 16.5 Å². The fourth-order valence-electron chi connectivity index (χ4n) is 4.24. The van der Waals surface area contributed by atoms with E-state index in [-0.39, 0.29) is 34.7 Å². The number of aromatic nitrogens is 3. The van der Waals surface area contributed by atoms with Crippen molar-refractivity contribution in [3.8, 4) is 17.0 Å². The van der Waals surface area contributed by atoms with Crippen LogP contribution < -0.4 is 15.8 Å². The number of aliphatic hydroxyl groups is 1. The minimum absolute atomic E-state index is 0.0471. The molecular weight excluding hydrogens is 534 g/mol. The summed E-state index contributed by atoms with van der Waals surface area (Å²) in [6.45, 7) is 2.06. The van der Waals surface area contributed by atoms with Gasteiger partial charge in [-0.05, 0) is 61.9 Å². The van der Waals surface area contributed by atoms with Crippen molar-refractivity contribution in [2.24, 2.45) is 5.73 Å². The molecule has 0 saturated carbocycles. The molecule has 2 aromatic carbocycles. The average Bonchev–Trinajstić information content (AvgIpc) is 3.37. The summed E-state index contributed by atoms with van der Waals surface area (Å²) >= 11 is 0. The van der Waals surface area contributed by atoms with E-state index in [1.807, 2.05) is 0 Å². The molecule has 4 rings (SSSR count). The maximum atomic E-state index is 14.5. The quantitative estimate of drug-likeness (QED) is 0.231. The van der Waals surface area contributed by atoms with E-state index in [0.717, 1.165) is 18.2 Å². The molecule has 13 heteroatoms. The van der Waals surface area contributed by atoms with Crippen LogP contribution >= 0.6 is 0 Å². The number of pyridine rings is 1. The lowest BCUT2D eigenvalue weighted by Crippen LogP contribution is -2.51. The number of carbonyl (C=O) groups is 2. The van der Waals surface area contributed by atoms with Gasteiger partial charge in [0.15, 0.2) is 0 Å². The van der Waals surface area contributed by atoms with Gasteiger partial charge >= 0.3 is 6.18 Å². The van der Waals surface area contributed by atoms with Crippen molar-refractivity contribution in [3.63, 3.8) is 0 Å². The zero-order chi connectivity index (χ0) is 29.2. The number of ether oxygens (including phenoxy) is 1. The fraction of sp³-hybridized carbons (Fsp3) is 0.259. The van der Waals surface area contributed by atoms with Gasteiger partial charge in [0.25, 0.3) is 5.91 Å². The van der Waals surface area contributed by atoms with Gasteiger partial charge in [0.2, 0.25) is 11.5 Å². The number of alkyl halides is 3. The molecule has 0 aliphatic rings. The highest BCUT2D eigenvalue weighted by atomic mass is 19.4. The Morgan fingerprint density at radius 3 is 2.48 bits per heavy atom. The van der Waals surface area contributed by atoms with Crippen molar-refractivity contribution in [2.45, 2.75) is 32.0 Å². The summed E-state index contributed by atoms with van der Waals surface area (Å²) in [4.78, 5) is 28.7. The van der Waals surface area contributed by atoms with E-state index in [2.05, 4.69) is 20.5 Å². The number of nitrogens with two attached hydrogens (primary N) is 1. The molecule has 4 aromatic rings. The Labute approximate surface area is 225 Å². The SMILES string of the molecule is CCOc1c(CC(N)=O)cc([C@@](O)(CNC(=O)c2cc(C)c3[nH]ncc3c2)C(F)(F)F)nc1-c1ccc(F)cc1. The standard InChI is InChI=1S/C27H25F4N5O4/c1-3-40-24-16(11-21(32)37)10-20(35-23(24)15-4-6-19(28)7-5-15)26(39,27(29,30)31)13-33-25(38)17-8-14(2)22-18(9-17)12-34-36-22/h4-10,12,39H,3,11,13H2,1-2H3,(H2,32,37)(H,33,38)(H,34,36)/t26-/m0/s1. The Bertz CT molecular complexity index is 1570. The number of hydrogen-bond acceptors (Lipinski definition) is 6. The molecule has 0 aliphatic heterocycles. The van der Waals surface area contributed by atoms with E-state index >= 15 is 0 Å². The van der Waals surface area contributed by atoms with Crippen molar-refractivity contribution in [1.29, 1.82) is 0 Å². The number of halogens is 4. The van der Waals surface area contributed by atoms with Gasteiger partial charge in [-0.2, -0.15) is 18.3 Å². The lowest BCUT2D eigenvalue weighted by molar-refractivity contribution is -0.265. The largest absolute Gasteiger partial charge is 0.491 e. The molecule has 210 valence electrons. The normalized spacial score (nSPS) is 13.2. The molecule has 0 radical (unpaired) electrons. The van der Waals surface area contributed by atoms with Gasteiger partial charge < -0.3 is 20.9 Å². The van der Waals surface area contributed by atoms with Crippen LogP contribution in [0.4, 0.5) is 17.6 Å². The van der Waals surface area contributed by atoms with E-state index < -0.39 is 48.1 Å². The zero-order valence-electron chi connectivity index (χ0n) is 21.4. The Hall–Kier alpha value is -4.52. The monoisotopic (exact) mass is 559 g/mol. The van der Waals surface area contributed by atoms with Gasteiger partial charge in [-0.25, -0.2) is 9.37 Å². The van der Waals surface area contributed by atoms with Gasteiger partial charge in [0, 0.05) is 22.1 Å². The molecule has 2 amide bonds. The van der Waals surface area contributed by atoms with Crippen LogP contribution in [0.25, 0.3) is 22.2 Å². The van der Waals surface area contributed by atoms with Crippen LogP contribution in [0.5, 0.6) is 5.75 Å². The second kappa shape index (κ2) is 10.9. The molecule has 0 fully saturated rings. The number of primary amides is 1. The van der Waals surface area contributed by atoms with Crippen LogP contribution in [-0.2, 0) is 16.8 Å². The number of aryl methyl sites for hydroxylation is 1. The van der Waals surface area contributed by atoms with E-state index in [9.17, 15) is 32.3 Å². The zero-order valence-corrected chi connectivity index (χ0v) is 21.4. The summed E-state index contributed by atoms with van der Waals surface area (Å²) in [5, 5.41) is 20.4. The number of nitrogens with one attached hydrogen (secondary N) is 2. The Morgan fingerprint density at radius 2 is 1.85 bits per heavy atom. The van der Waals surface area contributed by atoms with Crippen LogP contribution in [0.2, 0.25) is 0 Å². The van der Waals surface area contributed by atoms with Crippen LogP contribution in [0.1, 0.15) is 34.1 Å². The molecule has 0 unspecified atom stereocenters. The molecule has 0 bridgehead atoms. The first-order valence-corrected chi connectivity index (χ1v) is 12.1. The minimum atomic E-state index is -5.32. The number of fused-ring (bicyclic) bond motifs is 1. The van der Waals surface area contributed by atoms with Crippen molar-refractivity contribution >= 4 is 22.7 Å². The van der Waals surface area contributed by atoms with Gasteiger partial charge in [-0.1, -0.05) is 0 Å². The second-order valence-electron chi connectivity index (χ2n) is 9.10. The Balaban J connectivity index is 1.80. The fourth-order valence-corrected chi connectivity index (χ4v) is 4.24. The molecular formula is C27H25F4N5O4. The molecule has 1 atom stereocenters. The maximum Gasteiger partial charge on any atom is 0.424 e. The molecule has 0 saturated heterocycles. The highest BCUT2D eigenvalue weighted by molar-refractivity contribution is 5.98. The van der Waals surface area contributed by atoms with Crippen molar-refractivity contribution in [2.75, 3.05) is 13.2 Å². The summed E-state index contributed by atoms with van der Waals surface area (Å²) in [6.07, 6.45) is -4.40. The third-order valence-corrected chi connectivity index (χ3v) is 6.23. The van der Waals surface area contributed by atoms with Crippen LogP contribution in [0.3, 0.4) is 0 Å². The molecule has 2 heterocycles. The summed E-state index contributed by atoms with van der Waals surface area (Å²) < 4.78 is 62.6. The third-order valence-electron chi connectivity index (χ3n) is 6.23. The predicted octanol–water partition coefficient (Wildman–Crippen LogP) is 3.68. The van der Waals surface area contributed by atoms with Crippen molar-refractivity contribution in [3.05, 3.63) is 76.9 Å².